The molecule has 1 fully saturated rings. The molecule has 1 aliphatic heterocycles. The zero-order chi connectivity index (χ0) is 13.0. The SMILES string of the molecule is CCCCc1cc(N2CCC(NC)C2)nc(N)n1. The molecular weight excluding hydrogens is 226 g/mol. The van der Waals surface area contributed by atoms with Gasteiger partial charge in [0.25, 0.3) is 0 Å². The first-order valence-electron chi connectivity index (χ1n) is 6.78. The molecule has 2 heterocycles. The highest BCUT2D eigenvalue weighted by Gasteiger charge is 2.22. The van der Waals surface area contributed by atoms with Crippen molar-refractivity contribution in [1.82, 2.24) is 15.3 Å². The molecule has 1 aliphatic rings. The van der Waals surface area contributed by atoms with E-state index in [2.05, 4.69) is 33.2 Å². The first-order chi connectivity index (χ1) is 8.72. The number of rotatable bonds is 5. The van der Waals surface area contributed by atoms with Gasteiger partial charge in [-0.2, -0.15) is 4.98 Å². The van der Waals surface area contributed by atoms with Gasteiger partial charge in [0.1, 0.15) is 5.82 Å². The molecule has 1 saturated heterocycles. The Morgan fingerprint density at radius 2 is 2.33 bits per heavy atom. The normalized spacial score (nSPS) is 19.4. The third kappa shape index (κ3) is 3.10. The minimum absolute atomic E-state index is 0.395. The highest BCUT2D eigenvalue weighted by molar-refractivity contribution is 5.44. The van der Waals surface area contributed by atoms with E-state index in [1.807, 2.05) is 7.05 Å². The molecule has 0 spiro atoms. The summed E-state index contributed by atoms with van der Waals surface area (Å²) in [4.78, 5) is 11.0. The quantitative estimate of drug-likeness (QED) is 0.821. The van der Waals surface area contributed by atoms with Crippen molar-refractivity contribution in [2.75, 3.05) is 30.8 Å². The van der Waals surface area contributed by atoms with Gasteiger partial charge >= 0.3 is 0 Å². The van der Waals surface area contributed by atoms with Crippen LogP contribution >= 0.6 is 0 Å². The Hall–Kier alpha value is -1.36. The molecular formula is C13H23N5. The van der Waals surface area contributed by atoms with Crippen molar-refractivity contribution in [3.63, 3.8) is 0 Å². The molecule has 1 atom stereocenters. The Kier molecular flexibility index (Phi) is 4.36. The molecule has 0 saturated carbocycles. The van der Waals surface area contributed by atoms with E-state index in [9.17, 15) is 0 Å². The summed E-state index contributed by atoms with van der Waals surface area (Å²) in [7, 11) is 2.01. The molecule has 1 aromatic rings. The minimum Gasteiger partial charge on any atom is -0.368 e. The van der Waals surface area contributed by atoms with E-state index in [1.54, 1.807) is 0 Å². The minimum atomic E-state index is 0.395. The third-order valence-corrected chi connectivity index (χ3v) is 3.49. The Morgan fingerprint density at radius 3 is 3.00 bits per heavy atom. The number of unbranched alkanes of at least 4 members (excludes halogenated alkanes) is 1. The van der Waals surface area contributed by atoms with Crippen molar-refractivity contribution in [2.45, 2.75) is 38.6 Å². The lowest BCUT2D eigenvalue weighted by atomic mass is 10.2. The number of nitrogen functional groups attached to an aromatic ring is 1. The van der Waals surface area contributed by atoms with Crippen LogP contribution in [0.4, 0.5) is 11.8 Å². The van der Waals surface area contributed by atoms with Crippen LogP contribution in [0.2, 0.25) is 0 Å². The number of hydrogen-bond donors (Lipinski definition) is 2. The molecule has 18 heavy (non-hydrogen) atoms. The van der Waals surface area contributed by atoms with E-state index in [0.29, 0.717) is 12.0 Å². The van der Waals surface area contributed by atoms with E-state index in [-0.39, 0.29) is 0 Å². The number of hydrogen-bond acceptors (Lipinski definition) is 5. The van der Waals surface area contributed by atoms with Gasteiger partial charge in [0.15, 0.2) is 0 Å². The topological polar surface area (TPSA) is 67.1 Å². The summed E-state index contributed by atoms with van der Waals surface area (Å²) < 4.78 is 0. The van der Waals surface area contributed by atoms with Gasteiger partial charge in [-0.05, 0) is 26.3 Å². The van der Waals surface area contributed by atoms with E-state index < -0.39 is 0 Å². The Morgan fingerprint density at radius 1 is 1.50 bits per heavy atom. The Bertz CT molecular complexity index is 393. The predicted octanol–water partition coefficient (Wildman–Crippen LogP) is 1.20. The summed E-state index contributed by atoms with van der Waals surface area (Å²) >= 11 is 0. The average molecular weight is 249 g/mol. The van der Waals surface area contributed by atoms with Crippen LogP contribution in [-0.2, 0) is 6.42 Å². The number of nitrogens with one attached hydrogen (secondary N) is 1. The second-order valence-corrected chi connectivity index (χ2v) is 4.90. The van der Waals surface area contributed by atoms with Crippen LogP contribution in [0.25, 0.3) is 0 Å². The molecule has 3 N–H and O–H groups in total. The van der Waals surface area contributed by atoms with Crippen LogP contribution in [0.5, 0.6) is 0 Å². The molecule has 0 radical (unpaired) electrons. The van der Waals surface area contributed by atoms with Crippen LogP contribution in [0.1, 0.15) is 31.9 Å². The molecule has 100 valence electrons. The number of aryl methyl sites for hydroxylation is 1. The molecule has 5 nitrogen and oxygen atoms in total. The lowest BCUT2D eigenvalue weighted by molar-refractivity contribution is 0.616. The first kappa shape index (κ1) is 13.1. The standard InChI is InChI=1S/C13H23N5/c1-3-4-5-10-8-12(17-13(14)16-10)18-7-6-11(9-18)15-2/h8,11,15H,3-7,9H2,1-2H3,(H2,14,16,17). The van der Waals surface area contributed by atoms with Crippen molar-refractivity contribution in [3.8, 4) is 0 Å². The molecule has 1 aromatic heterocycles. The van der Waals surface area contributed by atoms with Crippen molar-refractivity contribution >= 4 is 11.8 Å². The zero-order valence-electron chi connectivity index (χ0n) is 11.3. The van der Waals surface area contributed by atoms with Gasteiger partial charge in [-0.15, -0.1) is 0 Å². The number of likely N-dealkylation sites (N-methyl/N-ethyl adjacent to an activating group) is 1. The number of anilines is 2. The van der Waals surface area contributed by atoms with E-state index in [1.165, 1.54) is 6.42 Å². The Balaban J connectivity index is 2.10. The Labute approximate surface area is 109 Å². The average Bonchev–Trinajstić information content (AvgIpc) is 2.84. The van der Waals surface area contributed by atoms with Crippen LogP contribution in [0, 0.1) is 0 Å². The summed E-state index contributed by atoms with van der Waals surface area (Å²) in [6.45, 7) is 4.22. The number of nitrogens with two attached hydrogens (primary N) is 1. The van der Waals surface area contributed by atoms with E-state index in [0.717, 1.165) is 43.9 Å². The van der Waals surface area contributed by atoms with Gasteiger partial charge < -0.3 is 16.0 Å². The largest absolute Gasteiger partial charge is 0.368 e. The van der Waals surface area contributed by atoms with Gasteiger partial charge in [-0.3, -0.25) is 0 Å². The molecule has 0 bridgehead atoms. The van der Waals surface area contributed by atoms with E-state index >= 15 is 0 Å². The van der Waals surface area contributed by atoms with Gasteiger partial charge in [0.2, 0.25) is 5.95 Å². The summed E-state index contributed by atoms with van der Waals surface area (Å²) in [5.41, 5.74) is 6.86. The lowest BCUT2D eigenvalue weighted by Crippen LogP contribution is -2.30. The van der Waals surface area contributed by atoms with Crippen molar-refractivity contribution in [3.05, 3.63) is 11.8 Å². The monoisotopic (exact) mass is 249 g/mol. The second kappa shape index (κ2) is 6.00. The molecule has 2 rings (SSSR count). The maximum absolute atomic E-state index is 5.80. The van der Waals surface area contributed by atoms with Crippen LogP contribution in [0.15, 0.2) is 6.07 Å². The van der Waals surface area contributed by atoms with Gasteiger partial charge in [-0.25, -0.2) is 4.98 Å². The van der Waals surface area contributed by atoms with Crippen LogP contribution in [-0.4, -0.2) is 36.1 Å². The number of aromatic nitrogens is 2. The fraction of sp³-hybridized carbons (Fsp3) is 0.692. The van der Waals surface area contributed by atoms with Crippen LogP contribution < -0.4 is 16.0 Å². The summed E-state index contributed by atoms with van der Waals surface area (Å²) in [6.07, 6.45) is 4.46. The predicted molar refractivity (Wildman–Crippen MR) is 74.7 cm³/mol. The molecule has 5 heteroatoms. The molecule has 0 amide bonds. The van der Waals surface area contributed by atoms with E-state index in [4.69, 9.17) is 5.73 Å². The second-order valence-electron chi connectivity index (χ2n) is 4.90. The highest BCUT2D eigenvalue weighted by Crippen LogP contribution is 2.20. The fourth-order valence-electron chi connectivity index (χ4n) is 2.36. The summed E-state index contributed by atoms with van der Waals surface area (Å²) in [6, 6.07) is 2.64. The smallest absolute Gasteiger partial charge is 0.222 e. The summed E-state index contributed by atoms with van der Waals surface area (Å²) in [5, 5.41) is 3.31. The highest BCUT2D eigenvalue weighted by atomic mass is 15.2. The molecule has 0 aliphatic carbocycles. The molecule has 0 aromatic carbocycles. The maximum Gasteiger partial charge on any atom is 0.222 e. The number of nitrogens with zero attached hydrogens (tertiary/aromatic N) is 3. The van der Waals surface area contributed by atoms with Gasteiger partial charge in [-0.1, -0.05) is 13.3 Å². The maximum atomic E-state index is 5.80. The lowest BCUT2D eigenvalue weighted by Gasteiger charge is -2.18. The van der Waals surface area contributed by atoms with Gasteiger partial charge in [0, 0.05) is 30.9 Å². The third-order valence-electron chi connectivity index (χ3n) is 3.49. The molecule has 1 unspecified atom stereocenters. The van der Waals surface area contributed by atoms with Gasteiger partial charge in [0.05, 0.1) is 0 Å². The van der Waals surface area contributed by atoms with Crippen molar-refractivity contribution < 1.29 is 0 Å². The summed E-state index contributed by atoms with van der Waals surface area (Å²) in [5.74, 6) is 1.37. The van der Waals surface area contributed by atoms with Crippen LogP contribution in [0.3, 0.4) is 0 Å². The first-order valence-corrected chi connectivity index (χ1v) is 6.78. The van der Waals surface area contributed by atoms with Crippen molar-refractivity contribution in [1.29, 1.82) is 0 Å². The van der Waals surface area contributed by atoms with Crippen molar-refractivity contribution in [2.24, 2.45) is 0 Å². The zero-order valence-corrected chi connectivity index (χ0v) is 11.3. The fourth-order valence-corrected chi connectivity index (χ4v) is 2.36.